The number of nitrogens with one attached hydrogen (secondary N) is 1. The molecule has 1 atom stereocenters. The Labute approximate surface area is 96.9 Å². The van der Waals surface area contributed by atoms with Gasteiger partial charge in [0.1, 0.15) is 5.82 Å². The Morgan fingerprint density at radius 2 is 2.12 bits per heavy atom. The first-order valence-corrected chi connectivity index (χ1v) is 5.52. The predicted molar refractivity (Wildman–Crippen MR) is 67.2 cm³/mol. The topological polar surface area (TPSA) is 71.2 Å². The molecule has 1 aromatic heterocycles. The maximum atomic E-state index is 9.05. The van der Waals surface area contributed by atoms with Crippen molar-refractivity contribution in [2.75, 3.05) is 17.7 Å². The van der Waals surface area contributed by atoms with Crippen LogP contribution in [0.15, 0.2) is 18.3 Å². The third-order valence-corrected chi connectivity index (χ3v) is 2.59. The molecule has 0 saturated heterocycles. The highest BCUT2D eigenvalue weighted by Gasteiger charge is 2.23. The number of nitrogens with zero attached hydrogens (tertiary/aromatic N) is 1. The second kappa shape index (κ2) is 5.16. The van der Waals surface area contributed by atoms with Crippen LogP contribution in [0, 0.1) is 5.41 Å². The minimum atomic E-state index is 0.0874. The van der Waals surface area contributed by atoms with Crippen LogP contribution < -0.4 is 11.1 Å². The van der Waals surface area contributed by atoms with Crippen molar-refractivity contribution in [1.82, 2.24) is 4.98 Å². The van der Waals surface area contributed by atoms with E-state index in [1.165, 1.54) is 0 Å². The minimum absolute atomic E-state index is 0.0874. The number of rotatable bonds is 4. The SMILES string of the molecule is CC(C)(C)C(CCO)Nc1ccc(N)nc1. The molecule has 0 spiro atoms. The van der Waals surface area contributed by atoms with Gasteiger partial charge in [-0.3, -0.25) is 0 Å². The van der Waals surface area contributed by atoms with Crippen molar-refractivity contribution in [3.8, 4) is 0 Å². The highest BCUT2D eigenvalue weighted by Crippen LogP contribution is 2.25. The van der Waals surface area contributed by atoms with E-state index in [1.807, 2.05) is 6.07 Å². The van der Waals surface area contributed by atoms with Crippen LogP contribution in [0.3, 0.4) is 0 Å². The molecule has 4 N–H and O–H groups in total. The van der Waals surface area contributed by atoms with Gasteiger partial charge in [-0.2, -0.15) is 0 Å². The number of nitrogen functional groups attached to an aromatic ring is 1. The summed E-state index contributed by atoms with van der Waals surface area (Å²) >= 11 is 0. The monoisotopic (exact) mass is 223 g/mol. The van der Waals surface area contributed by atoms with Crippen molar-refractivity contribution >= 4 is 11.5 Å². The molecule has 0 aliphatic heterocycles. The lowest BCUT2D eigenvalue weighted by molar-refractivity contribution is 0.235. The zero-order valence-electron chi connectivity index (χ0n) is 10.2. The number of aliphatic hydroxyl groups excluding tert-OH is 1. The van der Waals surface area contributed by atoms with Crippen LogP contribution >= 0.6 is 0 Å². The Kier molecular flexibility index (Phi) is 4.12. The summed E-state index contributed by atoms with van der Waals surface area (Å²) < 4.78 is 0. The molecule has 1 unspecified atom stereocenters. The van der Waals surface area contributed by atoms with E-state index in [2.05, 4.69) is 31.1 Å². The Morgan fingerprint density at radius 3 is 2.56 bits per heavy atom. The van der Waals surface area contributed by atoms with Crippen molar-refractivity contribution in [2.24, 2.45) is 5.41 Å². The van der Waals surface area contributed by atoms with Crippen molar-refractivity contribution in [3.05, 3.63) is 18.3 Å². The molecule has 0 saturated carbocycles. The van der Waals surface area contributed by atoms with E-state index in [4.69, 9.17) is 10.8 Å². The maximum absolute atomic E-state index is 9.05. The number of aliphatic hydroxyl groups is 1. The van der Waals surface area contributed by atoms with Gasteiger partial charge in [0.2, 0.25) is 0 Å². The lowest BCUT2D eigenvalue weighted by Gasteiger charge is -2.31. The molecular formula is C12H21N3O. The Balaban J connectivity index is 2.72. The standard InChI is InChI=1S/C12H21N3O/c1-12(2,3)10(6-7-16)15-9-4-5-11(13)14-8-9/h4-5,8,10,15-16H,6-7H2,1-3H3,(H2,13,14). The third-order valence-electron chi connectivity index (χ3n) is 2.59. The maximum Gasteiger partial charge on any atom is 0.123 e. The van der Waals surface area contributed by atoms with Gasteiger partial charge in [0, 0.05) is 12.6 Å². The normalized spacial score (nSPS) is 13.5. The van der Waals surface area contributed by atoms with Crippen LogP contribution in [0.5, 0.6) is 0 Å². The number of aromatic nitrogens is 1. The van der Waals surface area contributed by atoms with Crippen molar-refractivity contribution in [3.63, 3.8) is 0 Å². The molecule has 0 aromatic carbocycles. The van der Waals surface area contributed by atoms with Gasteiger partial charge in [0.15, 0.2) is 0 Å². The molecule has 1 rings (SSSR count). The van der Waals surface area contributed by atoms with E-state index in [-0.39, 0.29) is 18.1 Å². The molecule has 1 heterocycles. The van der Waals surface area contributed by atoms with Crippen molar-refractivity contribution in [2.45, 2.75) is 33.2 Å². The van der Waals surface area contributed by atoms with Gasteiger partial charge >= 0.3 is 0 Å². The van der Waals surface area contributed by atoms with Gasteiger partial charge in [-0.1, -0.05) is 20.8 Å². The van der Waals surface area contributed by atoms with Gasteiger partial charge < -0.3 is 16.2 Å². The first kappa shape index (κ1) is 12.8. The van der Waals surface area contributed by atoms with Gasteiger partial charge in [-0.15, -0.1) is 0 Å². The predicted octanol–water partition coefficient (Wildman–Crippen LogP) is 1.87. The highest BCUT2D eigenvalue weighted by molar-refractivity contribution is 5.46. The second-order valence-corrected chi connectivity index (χ2v) is 5.05. The van der Waals surface area contributed by atoms with Gasteiger partial charge in [0.05, 0.1) is 11.9 Å². The zero-order chi connectivity index (χ0) is 12.2. The molecule has 0 amide bonds. The third kappa shape index (κ3) is 3.70. The summed E-state index contributed by atoms with van der Waals surface area (Å²) in [7, 11) is 0. The lowest BCUT2D eigenvalue weighted by Crippen LogP contribution is -2.34. The number of hydrogen-bond acceptors (Lipinski definition) is 4. The molecule has 0 aliphatic carbocycles. The Hall–Kier alpha value is -1.29. The average Bonchev–Trinajstić information content (AvgIpc) is 2.19. The summed E-state index contributed by atoms with van der Waals surface area (Å²) in [5.74, 6) is 0.514. The van der Waals surface area contributed by atoms with Crippen LogP contribution in [0.2, 0.25) is 0 Å². The van der Waals surface area contributed by atoms with E-state index >= 15 is 0 Å². The highest BCUT2D eigenvalue weighted by atomic mass is 16.3. The molecule has 0 aliphatic rings. The van der Waals surface area contributed by atoms with Crippen LogP contribution in [0.1, 0.15) is 27.2 Å². The molecule has 0 radical (unpaired) electrons. The van der Waals surface area contributed by atoms with Gasteiger partial charge in [-0.05, 0) is 24.0 Å². The van der Waals surface area contributed by atoms with E-state index < -0.39 is 0 Å². The molecular weight excluding hydrogens is 202 g/mol. The fraction of sp³-hybridized carbons (Fsp3) is 0.583. The summed E-state index contributed by atoms with van der Waals surface area (Å²) in [6, 6.07) is 3.88. The lowest BCUT2D eigenvalue weighted by atomic mass is 9.85. The quantitative estimate of drug-likeness (QED) is 0.728. The van der Waals surface area contributed by atoms with E-state index in [0.29, 0.717) is 12.2 Å². The van der Waals surface area contributed by atoms with Gasteiger partial charge in [0.25, 0.3) is 0 Å². The molecule has 90 valence electrons. The first-order valence-electron chi connectivity index (χ1n) is 5.52. The summed E-state index contributed by atoms with van der Waals surface area (Å²) in [5.41, 5.74) is 6.54. The fourth-order valence-electron chi connectivity index (χ4n) is 1.54. The summed E-state index contributed by atoms with van der Waals surface area (Å²) in [6.07, 6.45) is 2.43. The zero-order valence-corrected chi connectivity index (χ0v) is 10.2. The van der Waals surface area contributed by atoms with Gasteiger partial charge in [-0.25, -0.2) is 4.98 Å². The molecule has 4 nitrogen and oxygen atoms in total. The van der Waals surface area contributed by atoms with Crippen molar-refractivity contribution in [1.29, 1.82) is 0 Å². The molecule has 16 heavy (non-hydrogen) atoms. The molecule has 0 fully saturated rings. The largest absolute Gasteiger partial charge is 0.396 e. The minimum Gasteiger partial charge on any atom is -0.396 e. The second-order valence-electron chi connectivity index (χ2n) is 5.05. The number of nitrogens with two attached hydrogens (primary N) is 1. The molecule has 0 bridgehead atoms. The van der Waals surface area contributed by atoms with E-state index in [0.717, 1.165) is 5.69 Å². The Morgan fingerprint density at radius 1 is 1.44 bits per heavy atom. The average molecular weight is 223 g/mol. The Bertz CT molecular complexity index is 316. The van der Waals surface area contributed by atoms with Crippen molar-refractivity contribution < 1.29 is 5.11 Å². The summed E-state index contributed by atoms with van der Waals surface area (Å²) in [5, 5.41) is 12.4. The number of anilines is 2. The fourth-order valence-corrected chi connectivity index (χ4v) is 1.54. The van der Waals surface area contributed by atoms with Crippen LogP contribution in [-0.2, 0) is 0 Å². The number of pyridine rings is 1. The van der Waals surface area contributed by atoms with Crippen LogP contribution in [-0.4, -0.2) is 22.7 Å². The molecule has 4 heteroatoms. The van der Waals surface area contributed by atoms with E-state index in [1.54, 1.807) is 12.3 Å². The smallest absolute Gasteiger partial charge is 0.123 e. The molecule has 1 aromatic rings. The van der Waals surface area contributed by atoms with E-state index in [9.17, 15) is 0 Å². The first-order chi connectivity index (χ1) is 7.43. The van der Waals surface area contributed by atoms with Crippen LogP contribution in [0.25, 0.3) is 0 Å². The van der Waals surface area contributed by atoms with Crippen LogP contribution in [0.4, 0.5) is 11.5 Å². The number of hydrogen-bond donors (Lipinski definition) is 3. The summed E-state index contributed by atoms with van der Waals surface area (Å²) in [4.78, 5) is 4.03. The summed E-state index contributed by atoms with van der Waals surface area (Å²) in [6.45, 7) is 6.61.